The van der Waals surface area contributed by atoms with Crippen molar-refractivity contribution in [3.63, 3.8) is 0 Å². The van der Waals surface area contributed by atoms with Crippen LogP contribution in [0, 0.1) is 5.41 Å². The molecule has 106 valence electrons. The monoisotopic (exact) mass is 264 g/mol. The van der Waals surface area contributed by atoms with Crippen LogP contribution in [0.1, 0.15) is 57.8 Å². The molecule has 1 fully saturated rings. The molecule has 0 atom stereocenters. The van der Waals surface area contributed by atoms with Gasteiger partial charge in [0.1, 0.15) is 17.9 Å². The zero-order valence-electron chi connectivity index (χ0n) is 11.9. The molecule has 0 aliphatic heterocycles. The maximum Gasteiger partial charge on any atom is 0.147 e. The van der Waals surface area contributed by atoms with Crippen LogP contribution in [0.5, 0.6) is 0 Å². The van der Waals surface area contributed by atoms with Crippen LogP contribution in [-0.2, 0) is 11.2 Å². The van der Waals surface area contributed by atoms with E-state index in [1.807, 2.05) is 18.5 Å². The van der Waals surface area contributed by atoms with E-state index in [2.05, 4.69) is 10.1 Å². The molecule has 2 rings (SSSR count). The number of nitrogens with two attached hydrogens (primary N) is 1. The van der Waals surface area contributed by atoms with Gasteiger partial charge in [-0.1, -0.05) is 19.3 Å². The first-order valence-corrected chi connectivity index (χ1v) is 7.21. The lowest BCUT2D eigenvalue weighted by molar-refractivity contribution is -0.129. The van der Waals surface area contributed by atoms with Gasteiger partial charge in [0.15, 0.2) is 0 Å². The Bertz CT molecular complexity index is 432. The Morgan fingerprint density at radius 3 is 2.68 bits per heavy atom. The fourth-order valence-corrected chi connectivity index (χ4v) is 2.99. The number of hydrogen-bond acceptors (Lipinski definition) is 4. The molecule has 1 aromatic rings. The van der Waals surface area contributed by atoms with Gasteiger partial charge in [-0.2, -0.15) is 5.10 Å². The van der Waals surface area contributed by atoms with E-state index in [0.29, 0.717) is 13.0 Å². The van der Waals surface area contributed by atoms with Crippen molar-refractivity contribution in [1.82, 2.24) is 14.8 Å². The molecule has 5 nitrogen and oxygen atoms in total. The van der Waals surface area contributed by atoms with Gasteiger partial charge in [0.05, 0.1) is 6.42 Å². The van der Waals surface area contributed by atoms with E-state index in [9.17, 15) is 4.79 Å². The fraction of sp³-hybridized carbons (Fsp3) is 0.786. The van der Waals surface area contributed by atoms with Crippen molar-refractivity contribution in [1.29, 1.82) is 0 Å². The number of Topliss-reactive ketones (excluding diaryl/α,β-unsaturated/α-hetero) is 1. The molecule has 1 saturated carbocycles. The largest absolute Gasteiger partial charge is 0.329 e. The summed E-state index contributed by atoms with van der Waals surface area (Å²) in [4.78, 5) is 16.9. The van der Waals surface area contributed by atoms with Crippen LogP contribution in [0.15, 0.2) is 6.33 Å². The van der Waals surface area contributed by atoms with Gasteiger partial charge in [-0.05, 0) is 26.7 Å². The van der Waals surface area contributed by atoms with Gasteiger partial charge >= 0.3 is 0 Å². The lowest BCUT2D eigenvalue weighted by Gasteiger charge is -2.34. The second-order valence-electron chi connectivity index (χ2n) is 5.86. The van der Waals surface area contributed by atoms with E-state index in [-0.39, 0.29) is 17.2 Å². The standard InChI is InChI=1S/C14H24N4O/c1-11(2)18-13(16-10-17-18)8-12(19)14(9-15)6-4-3-5-7-14/h10-11H,3-9,15H2,1-2H3. The summed E-state index contributed by atoms with van der Waals surface area (Å²) in [7, 11) is 0. The highest BCUT2D eigenvalue weighted by atomic mass is 16.1. The number of hydrogen-bond donors (Lipinski definition) is 1. The third-order valence-electron chi connectivity index (χ3n) is 4.25. The minimum Gasteiger partial charge on any atom is -0.329 e. The predicted octanol–water partition coefficient (Wildman–Crippen LogP) is 1.88. The Kier molecular flexibility index (Phi) is 4.34. The first kappa shape index (κ1) is 14.2. The maximum absolute atomic E-state index is 12.6. The number of nitrogens with zero attached hydrogens (tertiary/aromatic N) is 3. The van der Waals surface area contributed by atoms with Gasteiger partial charge in [-0.25, -0.2) is 9.67 Å². The average molecular weight is 264 g/mol. The van der Waals surface area contributed by atoms with Crippen LogP contribution >= 0.6 is 0 Å². The molecule has 5 heteroatoms. The lowest BCUT2D eigenvalue weighted by atomic mass is 9.70. The highest BCUT2D eigenvalue weighted by Gasteiger charge is 2.38. The Balaban J connectivity index is 2.13. The summed E-state index contributed by atoms with van der Waals surface area (Å²) >= 11 is 0. The Morgan fingerprint density at radius 1 is 1.42 bits per heavy atom. The summed E-state index contributed by atoms with van der Waals surface area (Å²) in [5.74, 6) is 1.00. The van der Waals surface area contributed by atoms with Gasteiger partial charge in [0.25, 0.3) is 0 Å². The molecule has 19 heavy (non-hydrogen) atoms. The van der Waals surface area contributed by atoms with Crippen molar-refractivity contribution >= 4 is 5.78 Å². The summed E-state index contributed by atoms with van der Waals surface area (Å²) in [6.07, 6.45) is 7.18. The van der Waals surface area contributed by atoms with Crippen molar-refractivity contribution in [2.24, 2.45) is 11.1 Å². The molecule has 0 aromatic carbocycles. The molecule has 1 aliphatic carbocycles. The lowest BCUT2D eigenvalue weighted by Crippen LogP contribution is -2.41. The fourth-order valence-electron chi connectivity index (χ4n) is 2.99. The van der Waals surface area contributed by atoms with Crippen LogP contribution in [-0.4, -0.2) is 27.1 Å². The molecule has 1 heterocycles. The van der Waals surface area contributed by atoms with E-state index in [0.717, 1.165) is 31.5 Å². The van der Waals surface area contributed by atoms with Crippen LogP contribution in [0.2, 0.25) is 0 Å². The average Bonchev–Trinajstić information content (AvgIpc) is 2.87. The van der Waals surface area contributed by atoms with Crippen molar-refractivity contribution in [3.8, 4) is 0 Å². The zero-order valence-corrected chi connectivity index (χ0v) is 11.9. The van der Waals surface area contributed by atoms with E-state index in [4.69, 9.17) is 5.73 Å². The first-order valence-electron chi connectivity index (χ1n) is 7.21. The highest BCUT2D eigenvalue weighted by Crippen LogP contribution is 2.37. The number of carbonyl (C=O) groups excluding carboxylic acids is 1. The maximum atomic E-state index is 12.6. The van der Waals surface area contributed by atoms with E-state index < -0.39 is 0 Å². The van der Waals surface area contributed by atoms with Crippen molar-refractivity contribution < 1.29 is 4.79 Å². The van der Waals surface area contributed by atoms with Crippen molar-refractivity contribution in [2.75, 3.05) is 6.54 Å². The number of ketones is 1. The number of carbonyl (C=O) groups is 1. The topological polar surface area (TPSA) is 73.8 Å². The molecular weight excluding hydrogens is 240 g/mol. The Hall–Kier alpha value is -1.23. The summed E-state index contributed by atoms with van der Waals surface area (Å²) in [6.45, 7) is 4.55. The molecule has 2 N–H and O–H groups in total. The zero-order chi connectivity index (χ0) is 13.9. The van der Waals surface area contributed by atoms with Crippen LogP contribution in [0.4, 0.5) is 0 Å². The van der Waals surface area contributed by atoms with Gasteiger partial charge in [-0.3, -0.25) is 4.79 Å². The number of aromatic nitrogens is 3. The summed E-state index contributed by atoms with van der Waals surface area (Å²) in [5.41, 5.74) is 5.59. The molecule has 1 aromatic heterocycles. The third-order valence-corrected chi connectivity index (χ3v) is 4.25. The minimum atomic E-state index is -0.313. The van der Waals surface area contributed by atoms with Gasteiger partial charge in [0, 0.05) is 18.0 Å². The second-order valence-corrected chi connectivity index (χ2v) is 5.86. The molecular formula is C14H24N4O. The summed E-state index contributed by atoms with van der Waals surface area (Å²) in [5, 5.41) is 4.18. The van der Waals surface area contributed by atoms with Crippen LogP contribution in [0.3, 0.4) is 0 Å². The van der Waals surface area contributed by atoms with Crippen molar-refractivity contribution in [2.45, 2.75) is 58.4 Å². The number of rotatable bonds is 5. The van der Waals surface area contributed by atoms with Crippen LogP contribution < -0.4 is 5.73 Å². The molecule has 0 amide bonds. The van der Waals surface area contributed by atoms with Crippen molar-refractivity contribution in [3.05, 3.63) is 12.2 Å². The van der Waals surface area contributed by atoms with Crippen LogP contribution in [0.25, 0.3) is 0 Å². The quantitative estimate of drug-likeness (QED) is 0.881. The molecule has 0 saturated heterocycles. The first-order chi connectivity index (χ1) is 9.09. The van der Waals surface area contributed by atoms with Gasteiger partial charge in [0.2, 0.25) is 0 Å². The van der Waals surface area contributed by atoms with Gasteiger partial charge in [-0.15, -0.1) is 0 Å². The minimum absolute atomic E-state index is 0.227. The van der Waals surface area contributed by atoms with E-state index in [1.165, 1.54) is 12.7 Å². The van der Waals surface area contributed by atoms with Gasteiger partial charge < -0.3 is 5.73 Å². The summed E-state index contributed by atoms with van der Waals surface area (Å²) in [6, 6.07) is 0.227. The van der Waals surface area contributed by atoms with E-state index in [1.54, 1.807) is 0 Å². The predicted molar refractivity (Wildman–Crippen MR) is 73.7 cm³/mol. The SMILES string of the molecule is CC(C)n1ncnc1CC(=O)C1(CN)CCCCC1. The summed E-state index contributed by atoms with van der Waals surface area (Å²) < 4.78 is 1.82. The smallest absolute Gasteiger partial charge is 0.147 e. The normalized spacial score (nSPS) is 18.7. The molecule has 0 bridgehead atoms. The second kappa shape index (κ2) is 5.82. The Labute approximate surface area is 114 Å². The van der Waals surface area contributed by atoms with E-state index >= 15 is 0 Å². The molecule has 1 aliphatic rings. The molecule has 0 unspecified atom stereocenters. The molecule has 0 radical (unpaired) electrons. The third kappa shape index (κ3) is 2.86. The highest BCUT2D eigenvalue weighted by molar-refractivity contribution is 5.86. The molecule has 0 spiro atoms. The Morgan fingerprint density at radius 2 is 2.11 bits per heavy atom.